The molecule has 1 aliphatic rings. The van der Waals surface area contributed by atoms with Crippen LogP contribution in [0, 0.1) is 6.92 Å². The maximum Gasteiger partial charge on any atom is 0.119 e. The fourth-order valence-corrected chi connectivity index (χ4v) is 2.04. The summed E-state index contributed by atoms with van der Waals surface area (Å²) >= 11 is 0. The molecular weight excluding hydrogens is 226 g/mol. The van der Waals surface area contributed by atoms with Crippen LogP contribution in [0.2, 0.25) is 0 Å². The number of hydrogen-bond donors (Lipinski definition) is 2. The first-order chi connectivity index (χ1) is 8.74. The summed E-state index contributed by atoms with van der Waals surface area (Å²) in [6, 6.07) is 8.35. The van der Waals surface area contributed by atoms with Gasteiger partial charge in [-0.25, -0.2) is 0 Å². The Kier molecular flexibility index (Phi) is 4.79. The number of rotatable bonds is 6. The molecule has 1 aromatic rings. The van der Waals surface area contributed by atoms with Gasteiger partial charge in [0, 0.05) is 12.6 Å². The Morgan fingerprint density at radius 2 is 2.17 bits per heavy atom. The van der Waals surface area contributed by atoms with Crippen LogP contribution < -0.4 is 10.1 Å². The quantitative estimate of drug-likeness (QED) is 0.756. The Balaban J connectivity index is 1.66. The molecule has 0 heterocycles. The Morgan fingerprint density at radius 3 is 2.89 bits per heavy atom. The fraction of sp³-hybridized carbons (Fsp3) is 0.467. The molecule has 1 unspecified atom stereocenters. The van der Waals surface area contributed by atoms with Gasteiger partial charge in [-0.1, -0.05) is 24.3 Å². The second kappa shape index (κ2) is 6.57. The first-order valence-corrected chi connectivity index (χ1v) is 6.50. The van der Waals surface area contributed by atoms with E-state index in [1.165, 1.54) is 0 Å². The number of aliphatic hydroxyl groups excluding tert-OH is 1. The number of aliphatic hydroxyl groups is 1. The Bertz CT molecular complexity index is 395. The van der Waals surface area contributed by atoms with E-state index in [0.717, 1.165) is 24.2 Å². The minimum Gasteiger partial charge on any atom is -0.491 e. The molecule has 2 rings (SSSR count). The van der Waals surface area contributed by atoms with Crippen LogP contribution in [-0.4, -0.2) is 30.4 Å². The van der Waals surface area contributed by atoms with Crippen LogP contribution in [0.1, 0.15) is 18.4 Å². The topological polar surface area (TPSA) is 41.5 Å². The minimum absolute atomic E-state index is 0.330. The van der Waals surface area contributed by atoms with Crippen molar-refractivity contribution in [3.63, 3.8) is 0 Å². The highest BCUT2D eigenvalue weighted by Gasteiger charge is 2.12. The SMILES string of the molecule is Cc1cccc(OCC(O)CNC2CC=CC2)c1. The number of benzene rings is 1. The lowest BCUT2D eigenvalue weighted by molar-refractivity contribution is 0.104. The molecule has 1 aromatic carbocycles. The first kappa shape index (κ1) is 13.1. The summed E-state index contributed by atoms with van der Waals surface area (Å²) < 4.78 is 5.56. The lowest BCUT2D eigenvalue weighted by Gasteiger charge is -2.16. The van der Waals surface area contributed by atoms with Crippen LogP contribution in [0.4, 0.5) is 0 Å². The first-order valence-electron chi connectivity index (χ1n) is 6.50. The Morgan fingerprint density at radius 1 is 1.39 bits per heavy atom. The molecule has 3 nitrogen and oxygen atoms in total. The zero-order valence-electron chi connectivity index (χ0n) is 10.8. The van der Waals surface area contributed by atoms with E-state index in [4.69, 9.17) is 4.74 Å². The van der Waals surface area contributed by atoms with Gasteiger partial charge in [0.2, 0.25) is 0 Å². The molecule has 1 atom stereocenters. The normalized spacial score (nSPS) is 17.0. The average Bonchev–Trinajstić information content (AvgIpc) is 2.87. The summed E-state index contributed by atoms with van der Waals surface area (Å²) in [5.74, 6) is 0.816. The summed E-state index contributed by atoms with van der Waals surface area (Å²) in [7, 11) is 0. The Hall–Kier alpha value is -1.32. The summed E-state index contributed by atoms with van der Waals surface area (Å²) in [6.45, 7) is 2.94. The highest BCUT2D eigenvalue weighted by molar-refractivity contribution is 5.27. The van der Waals surface area contributed by atoms with E-state index in [1.807, 2.05) is 31.2 Å². The van der Waals surface area contributed by atoms with Crippen molar-refractivity contribution in [2.75, 3.05) is 13.2 Å². The van der Waals surface area contributed by atoms with Gasteiger partial charge in [0.15, 0.2) is 0 Å². The average molecular weight is 247 g/mol. The van der Waals surface area contributed by atoms with Crippen LogP contribution in [0.25, 0.3) is 0 Å². The predicted octanol–water partition coefficient (Wildman–Crippen LogP) is 2.04. The molecule has 0 amide bonds. The molecule has 0 spiro atoms. The van der Waals surface area contributed by atoms with Crippen molar-refractivity contribution in [3.05, 3.63) is 42.0 Å². The van der Waals surface area contributed by atoms with E-state index in [-0.39, 0.29) is 0 Å². The largest absolute Gasteiger partial charge is 0.491 e. The van der Waals surface area contributed by atoms with Gasteiger partial charge in [0.1, 0.15) is 18.5 Å². The van der Waals surface area contributed by atoms with Gasteiger partial charge >= 0.3 is 0 Å². The zero-order chi connectivity index (χ0) is 12.8. The van der Waals surface area contributed by atoms with E-state index >= 15 is 0 Å². The van der Waals surface area contributed by atoms with Crippen LogP contribution in [0.3, 0.4) is 0 Å². The number of aryl methyl sites for hydroxylation is 1. The van der Waals surface area contributed by atoms with Gasteiger partial charge in [-0.2, -0.15) is 0 Å². The molecule has 18 heavy (non-hydrogen) atoms. The van der Waals surface area contributed by atoms with Crippen molar-refractivity contribution in [2.45, 2.75) is 31.9 Å². The van der Waals surface area contributed by atoms with Gasteiger partial charge in [-0.15, -0.1) is 0 Å². The highest BCUT2D eigenvalue weighted by Crippen LogP contribution is 2.12. The van der Waals surface area contributed by atoms with Crippen molar-refractivity contribution in [3.8, 4) is 5.75 Å². The van der Waals surface area contributed by atoms with Crippen LogP contribution in [0.15, 0.2) is 36.4 Å². The van der Waals surface area contributed by atoms with Crippen LogP contribution >= 0.6 is 0 Å². The maximum atomic E-state index is 9.83. The molecule has 1 aliphatic carbocycles. The number of ether oxygens (including phenoxy) is 1. The molecule has 0 aromatic heterocycles. The van der Waals surface area contributed by atoms with E-state index in [9.17, 15) is 5.11 Å². The third-order valence-corrected chi connectivity index (χ3v) is 3.08. The minimum atomic E-state index is -0.467. The van der Waals surface area contributed by atoms with E-state index < -0.39 is 6.10 Å². The van der Waals surface area contributed by atoms with Gasteiger partial charge < -0.3 is 15.2 Å². The predicted molar refractivity (Wildman–Crippen MR) is 72.8 cm³/mol. The second-order valence-electron chi connectivity index (χ2n) is 4.83. The molecule has 0 saturated carbocycles. The molecule has 2 N–H and O–H groups in total. The van der Waals surface area contributed by atoms with Crippen LogP contribution in [0.5, 0.6) is 5.75 Å². The summed E-state index contributed by atoms with van der Waals surface area (Å²) in [5.41, 5.74) is 1.16. The lowest BCUT2D eigenvalue weighted by atomic mass is 10.2. The molecule has 0 aliphatic heterocycles. The van der Waals surface area contributed by atoms with Crippen molar-refractivity contribution in [1.29, 1.82) is 0 Å². The van der Waals surface area contributed by atoms with Gasteiger partial charge in [-0.3, -0.25) is 0 Å². The molecule has 0 saturated heterocycles. The third kappa shape index (κ3) is 4.17. The fourth-order valence-electron chi connectivity index (χ4n) is 2.04. The molecule has 0 bridgehead atoms. The van der Waals surface area contributed by atoms with Crippen LogP contribution in [-0.2, 0) is 0 Å². The molecule has 3 heteroatoms. The van der Waals surface area contributed by atoms with Gasteiger partial charge in [0.25, 0.3) is 0 Å². The van der Waals surface area contributed by atoms with E-state index in [0.29, 0.717) is 19.2 Å². The number of nitrogens with one attached hydrogen (secondary N) is 1. The summed E-state index contributed by atoms with van der Waals surface area (Å²) in [6.07, 6.45) is 6.00. The second-order valence-corrected chi connectivity index (χ2v) is 4.83. The van der Waals surface area contributed by atoms with E-state index in [2.05, 4.69) is 17.5 Å². The molecular formula is C15H21NO2. The van der Waals surface area contributed by atoms with Gasteiger partial charge in [0.05, 0.1) is 0 Å². The van der Waals surface area contributed by atoms with Gasteiger partial charge in [-0.05, 0) is 37.5 Å². The zero-order valence-corrected chi connectivity index (χ0v) is 10.8. The molecule has 98 valence electrons. The smallest absolute Gasteiger partial charge is 0.119 e. The lowest BCUT2D eigenvalue weighted by Crippen LogP contribution is -2.36. The standard InChI is InChI=1S/C15H21NO2/c1-12-5-4-8-15(9-12)18-11-14(17)10-16-13-6-2-3-7-13/h2-5,8-9,13-14,16-17H,6-7,10-11H2,1H3. The Labute approximate surface area is 108 Å². The van der Waals surface area contributed by atoms with Crippen molar-refractivity contribution < 1.29 is 9.84 Å². The van der Waals surface area contributed by atoms with E-state index in [1.54, 1.807) is 0 Å². The van der Waals surface area contributed by atoms with Crippen molar-refractivity contribution in [2.24, 2.45) is 0 Å². The monoisotopic (exact) mass is 247 g/mol. The summed E-state index contributed by atoms with van der Waals surface area (Å²) in [5, 5.41) is 13.2. The maximum absolute atomic E-state index is 9.83. The van der Waals surface area contributed by atoms with Crippen molar-refractivity contribution >= 4 is 0 Å². The summed E-state index contributed by atoms with van der Waals surface area (Å²) in [4.78, 5) is 0. The van der Waals surface area contributed by atoms with Crippen molar-refractivity contribution in [1.82, 2.24) is 5.32 Å². The molecule has 0 radical (unpaired) electrons. The number of hydrogen-bond acceptors (Lipinski definition) is 3. The third-order valence-electron chi connectivity index (χ3n) is 3.08. The molecule has 0 fully saturated rings. The highest BCUT2D eigenvalue weighted by atomic mass is 16.5.